The Kier molecular flexibility index (Phi) is 5.30. The Hall–Kier alpha value is -3.59. The average molecular weight is 411 g/mol. The summed E-state index contributed by atoms with van der Waals surface area (Å²) < 4.78 is 28.5. The van der Waals surface area contributed by atoms with Crippen LogP contribution in [0.3, 0.4) is 0 Å². The van der Waals surface area contributed by atoms with Crippen LogP contribution in [0.2, 0.25) is 0 Å². The maximum atomic E-state index is 13.0. The number of methoxy groups -OCH3 is 1. The Labute approximate surface area is 168 Å². The Morgan fingerprint density at radius 3 is 2.52 bits per heavy atom. The van der Waals surface area contributed by atoms with Crippen LogP contribution in [0, 0.1) is 5.82 Å². The van der Waals surface area contributed by atoms with Gasteiger partial charge in [-0.2, -0.15) is 4.98 Å². The number of rotatable bonds is 6. The van der Waals surface area contributed by atoms with E-state index in [4.69, 9.17) is 14.0 Å². The molecular formula is C20H14FN3O4S. The van der Waals surface area contributed by atoms with Crippen molar-refractivity contribution in [3.63, 3.8) is 0 Å². The monoisotopic (exact) mass is 411 g/mol. The molecule has 2 heterocycles. The first-order chi connectivity index (χ1) is 14.1. The van der Waals surface area contributed by atoms with Crippen LogP contribution in [0.1, 0.15) is 16.4 Å². The number of esters is 1. The quantitative estimate of drug-likeness (QED) is 0.436. The summed E-state index contributed by atoms with van der Waals surface area (Å²) in [5.41, 5.74) is 1.62. The summed E-state index contributed by atoms with van der Waals surface area (Å²) in [5.74, 6) is 0.316. The third-order valence-corrected chi connectivity index (χ3v) is 4.84. The van der Waals surface area contributed by atoms with Gasteiger partial charge in [-0.3, -0.25) is 0 Å². The molecular weight excluding hydrogens is 397 g/mol. The molecule has 9 heteroatoms. The Balaban J connectivity index is 1.38. The molecule has 2 aromatic heterocycles. The summed E-state index contributed by atoms with van der Waals surface area (Å²) in [5, 5.41) is 6.06. The van der Waals surface area contributed by atoms with Gasteiger partial charge in [0.2, 0.25) is 5.82 Å². The molecule has 0 saturated carbocycles. The fourth-order valence-electron chi connectivity index (χ4n) is 2.46. The van der Waals surface area contributed by atoms with Crippen LogP contribution in [0.4, 0.5) is 4.39 Å². The highest BCUT2D eigenvalue weighted by Crippen LogP contribution is 2.24. The van der Waals surface area contributed by atoms with E-state index in [0.717, 1.165) is 16.9 Å². The fourth-order valence-corrected chi connectivity index (χ4v) is 3.26. The Morgan fingerprint density at radius 2 is 1.79 bits per heavy atom. The zero-order valence-corrected chi connectivity index (χ0v) is 16.0. The van der Waals surface area contributed by atoms with Gasteiger partial charge in [0.05, 0.1) is 7.11 Å². The van der Waals surface area contributed by atoms with Gasteiger partial charge in [0.1, 0.15) is 16.6 Å². The number of carbonyl (C=O) groups excluding carboxylic acids is 1. The number of hydrogen-bond donors (Lipinski definition) is 0. The van der Waals surface area contributed by atoms with Crippen molar-refractivity contribution in [3.05, 3.63) is 71.3 Å². The van der Waals surface area contributed by atoms with Crippen molar-refractivity contribution in [2.24, 2.45) is 0 Å². The molecule has 0 saturated heterocycles. The van der Waals surface area contributed by atoms with Gasteiger partial charge in [0.25, 0.3) is 5.89 Å². The van der Waals surface area contributed by atoms with Crippen molar-refractivity contribution in [2.75, 3.05) is 7.11 Å². The minimum absolute atomic E-state index is 0.157. The summed E-state index contributed by atoms with van der Waals surface area (Å²) in [6.45, 7) is -0.175. The van der Waals surface area contributed by atoms with Gasteiger partial charge in [0, 0.05) is 16.5 Å². The number of thiazole rings is 1. The van der Waals surface area contributed by atoms with Crippen molar-refractivity contribution >= 4 is 17.3 Å². The molecule has 0 aliphatic rings. The van der Waals surface area contributed by atoms with E-state index in [1.807, 2.05) is 0 Å². The van der Waals surface area contributed by atoms with Crippen LogP contribution in [0.15, 0.2) is 58.4 Å². The molecule has 0 radical (unpaired) electrons. The average Bonchev–Trinajstić information content (AvgIpc) is 3.43. The standard InChI is InChI=1S/C20H14FN3O4S/c1-26-15-8-4-12(5-9-15)18-23-17(28-24-18)10-27-20(25)16-11-29-19(22-16)13-2-6-14(21)7-3-13/h2-9,11H,10H2,1H3. The smallest absolute Gasteiger partial charge is 0.358 e. The first kappa shape index (κ1) is 18.8. The molecule has 4 rings (SSSR count). The summed E-state index contributed by atoms with van der Waals surface area (Å²) in [6.07, 6.45) is 0. The lowest BCUT2D eigenvalue weighted by molar-refractivity contribution is 0.0424. The zero-order chi connectivity index (χ0) is 20.2. The molecule has 0 amide bonds. The number of benzene rings is 2. The number of nitrogens with zero attached hydrogens (tertiary/aromatic N) is 3. The van der Waals surface area contributed by atoms with Crippen LogP contribution in [-0.2, 0) is 11.3 Å². The van der Waals surface area contributed by atoms with Crippen LogP contribution in [0.5, 0.6) is 5.75 Å². The van der Waals surface area contributed by atoms with Gasteiger partial charge in [-0.25, -0.2) is 14.2 Å². The molecule has 0 atom stereocenters. The summed E-state index contributed by atoms with van der Waals surface area (Å²) in [7, 11) is 1.58. The maximum Gasteiger partial charge on any atom is 0.358 e. The van der Waals surface area contributed by atoms with Gasteiger partial charge in [-0.05, 0) is 48.5 Å². The molecule has 0 spiro atoms. The second-order valence-electron chi connectivity index (χ2n) is 5.86. The van der Waals surface area contributed by atoms with E-state index >= 15 is 0 Å². The highest BCUT2D eigenvalue weighted by atomic mass is 32.1. The topological polar surface area (TPSA) is 87.3 Å². The molecule has 2 aromatic carbocycles. The third kappa shape index (κ3) is 4.30. The molecule has 7 nitrogen and oxygen atoms in total. The van der Waals surface area contributed by atoms with E-state index in [0.29, 0.717) is 10.8 Å². The summed E-state index contributed by atoms with van der Waals surface area (Å²) >= 11 is 1.27. The minimum Gasteiger partial charge on any atom is -0.497 e. The lowest BCUT2D eigenvalue weighted by Crippen LogP contribution is -2.05. The van der Waals surface area contributed by atoms with Crippen molar-refractivity contribution in [2.45, 2.75) is 6.61 Å². The summed E-state index contributed by atoms with van der Waals surface area (Å²) in [4.78, 5) is 20.7. The largest absolute Gasteiger partial charge is 0.497 e. The first-order valence-corrected chi connectivity index (χ1v) is 9.36. The van der Waals surface area contributed by atoms with Crippen molar-refractivity contribution < 1.29 is 23.2 Å². The molecule has 4 aromatic rings. The van der Waals surface area contributed by atoms with Crippen LogP contribution < -0.4 is 4.74 Å². The highest BCUT2D eigenvalue weighted by molar-refractivity contribution is 7.13. The van der Waals surface area contributed by atoms with E-state index in [2.05, 4.69) is 15.1 Å². The number of aromatic nitrogens is 3. The third-order valence-electron chi connectivity index (χ3n) is 3.95. The molecule has 0 aliphatic heterocycles. The summed E-state index contributed by atoms with van der Waals surface area (Å²) in [6, 6.07) is 13.0. The molecule has 0 unspecified atom stereocenters. The number of carbonyl (C=O) groups is 1. The molecule has 0 N–H and O–H groups in total. The van der Waals surface area contributed by atoms with Gasteiger partial charge in [-0.1, -0.05) is 5.16 Å². The SMILES string of the molecule is COc1ccc(-c2noc(COC(=O)c3csc(-c4ccc(F)cc4)n3)n2)cc1. The van der Waals surface area contributed by atoms with Crippen molar-refractivity contribution in [3.8, 4) is 27.7 Å². The van der Waals surface area contributed by atoms with Crippen molar-refractivity contribution in [1.29, 1.82) is 0 Å². The van der Waals surface area contributed by atoms with Gasteiger partial charge >= 0.3 is 5.97 Å². The van der Waals surface area contributed by atoms with E-state index in [1.54, 1.807) is 48.9 Å². The molecule has 146 valence electrons. The second-order valence-corrected chi connectivity index (χ2v) is 6.72. The number of halogens is 1. The van der Waals surface area contributed by atoms with Crippen LogP contribution >= 0.6 is 11.3 Å². The maximum absolute atomic E-state index is 13.0. The predicted octanol–water partition coefficient (Wildman–Crippen LogP) is 4.36. The normalized spacial score (nSPS) is 10.7. The van der Waals surface area contributed by atoms with Gasteiger partial charge in [-0.15, -0.1) is 11.3 Å². The van der Waals surface area contributed by atoms with Gasteiger partial charge < -0.3 is 14.0 Å². The van der Waals surface area contributed by atoms with E-state index in [1.165, 1.54) is 23.5 Å². The highest BCUT2D eigenvalue weighted by Gasteiger charge is 2.16. The van der Waals surface area contributed by atoms with Crippen LogP contribution in [-0.4, -0.2) is 28.2 Å². The minimum atomic E-state index is -0.612. The van der Waals surface area contributed by atoms with E-state index in [-0.39, 0.29) is 24.0 Å². The molecule has 0 aliphatic carbocycles. The lowest BCUT2D eigenvalue weighted by atomic mass is 10.2. The van der Waals surface area contributed by atoms with Crippen LogP contribution in [0.25, 0.3) is 22.0 Å². The van der Waals surface area contributed by atoms with E-state index < -0.39 is 5.97 Å². The second kappa shape index (κ2) is 8.19. The molecule has 0 bridgehead atoms. The molecule has 29 heavy (non-hydrogen) atoms. The number of hydrogen-bond acceptors (Lipinski definition) is 8. The predicted molar refractivity (Wildman–Crippen MR) is 103 cm³/mol. The Morgan fingerprint density at radius 1 is 1.07 bits per heavy atom. The lowest BCUT2D eigenvalue weighted by Gasteiger charge is -1.99. The first-order valence-electron chi connectivity index (χ1n) is 8.48. The van der Waals surface area contributed by atoms with Gasteiger partial charge in [0.15, 0.2) is 12.3 Å². The van der Waals surface area contributed by atoms with Crippen molar-refractivity contribution in [1.82, 2.24) is 15.1 Å². The molecule has 0 fully saturated rings. The number of ether oxygens (including phenoxy) is 2. The fraction of sp³-hybridized carbons (Fsp3) is 0.100. The Bertz CT molecular complexity index is 1120. The zero-order valence-electron chi connectivity index (χ0n) is 15.2. The van der Waals surface area contributed by atoms with E-state index in [9.17, 15) is 9.18 Å².